The molecule has 0 unspecified atom stereocenters. The Hall–Kier alpha value is -1.35. The number of carbonyl (C=O) groups is 1. The summed E-state index contributed by atoms with van der Waals surface area (Å²) in [7, 11) is -3.89. The van der Waals surface area contributed by atoms with Crippen LogP contribution in [0.25, 0.3) is 0 Å². The van der Waals surface area contributed by atoms with E-state index in [1.54, 1.807) is 19.1 Å². The van der Waals surface area contributed by atoms with Crippen LogP contribution in [0.4, 0.5) is 0 Å². The van der Waals surface area contributed by atoms with Crippen LogP contribution in [0.1, 0.15) is 22.4 Å². The van der Waals surface area contributed by atoms with Gasteiger partial charge in [-0.2, -0.15) is 4.31 Å². The molecule has 6 nitrogen and oxygen atoms in total. The van der Waals surface area contributed by atoms with Gasteiger partial charge in [-0.05, 0) is 24.3 Å². The topological polar surface area (TPSA) is 87.8 Å². The van der Waals surface area contributed by atoms with E-state index >= 15 is 0 Å². The van der Waals surface area contributed by atoms with Crippen LogP contribution in [-0.2, 0) is 16.6 Å². The van der Waals surface area contributed by atoms with E-state index < -0.39 is 21.8 Å². The van der Waals surface area contributed by atoms with Crippen LogP contribution in [-0.4, -0.2) is 30.3 Å². The molecular weight excluding hydrogens is 338 g/mol. The molecule has 0 bridgehead atoms. The van der Waals surface area contributed by atoms with E-state index in [0.29, 0.717) is 4.34 Å². The van der Waals surface area contributed by atoms with Crippen molar-refractivity contribution in [2.45, 2.75) is 18.6 Å². The first-order valence-electron chi connectivity index (χ1n) is 5.92. The average molecular weight is 350 g/mol. The molecule has 0 atom stereocenters. The third kappa shape index (κ3) is 3.46. The highest BCUT2D eigenvalue weighted by atomic mass is 35.5. The fraction of sp³-hybridized carbons (Fsp3) is 0.250. The first-order valence-corrected chi connectivity index (χ1v) is 8.55. The van der Waals surface area contributed by atoms with Crippen molar-refractivity contribution in [3.8, 4) is 0 Å². The van der Waals surface area contributed by atoms with Gasteiger partial charge in [-0.15, -0.1) is 11.3 Å². The molecule has 0 aliphatic carbocycles. The summed E-state index contributed by atoms with van der Waals surface area (Å²) in [4.78, 5) is 11.5. The van der Waals surface area contributed by atoms with Crippen LogP contribution in [0.2, 0.25) is 4.34 Å². The molecule has 2 aromatic heterocycles. The molecule has 2 rings (SSSR count). The standard InChI is InChI=1S/C12H12ClNO5S2/c1-2-14(7-8-3-5-10(13)20-8)21(17,18)11-6-4-9(19-11)12(15)16/h3-6H,2,7H2,1H3,(H,15,16). The van der Waals surface area contributed by atoms with Crippen LogP contribution in [0.15, 0.2) is 33.8 Å². The van der Waals surface area contributed by atoms with Gasteiger partial charge in [-0.25, -0.2) is 13.2 Å². The number of aromatic carboxylic acids is 1. The van der Waals surface area contributed by atoms with Crippen molar-refractivity contribution < 1.29 is 22.7 Å². The van der Waals surface area contributed by atoms with Crippen molar-refractivity contribution in [2.24, 2.45) is 0 Å². The third-order valence-electron chi connectivity index (χ3n) is 2.70. The van der Waals surface area contributed by atoms with Gasteiger partial charge in [0.2, 0.25) is 10.9 Å². The predicted octanol–water partition coefficient (Wildman–Crippen LogP) is 2.90. The first kappa shape index (κ1) is 16.0. The second kappa shape index (κ2) is 6.18. The van der Waals surface area contributed by atoms with E-state index in [9.17, 15) is 13.2 Å². The van der Waals surface area contributed by atoms with Gasteiger partial charge < -0.3 is 9.52 Å². The number of carboxylic acids is 1. The maximum atomic E-state index is 12.4. The number of nitrogens with zero attached hydrogens (tertiary/aromatic N) is 1. The van der Waals surface area contributed by atoms with Crippen molar-refractivity contribution in [3.63, 3.8) is 0 Å². The number of sulfonamides is 1. The summed E-state index contributed by atoms with van der Waals surface area (Å²) < 4.78 is 31.5. The van der Waals surface area contributed by atoms with Crippen LogP contribution in [0, 0.1) is 0 Å². The number of halogens is 1. The number of rotatable bonds is 6. The van der Waals surface area contributed by atoms with Gasteiger partial charge in [-0.3, -0.25) is 0 Å². The maximum absolute atomic E-state index is 12.4. The van der Waals surface area contributed by atoms with Crippen LogP contribution < -0.4 is 0 Å². The van der Waals surface area contributed by atoms with Gasteiger partial charge in [0, 0.05) is 18.0 Å². The summed E-state index contributed by atoms with van der Waals surface area (Å²) >= 11 is 7.11. The molecule has 1 N–H and O–H groups in total. The van der Waals surface area contributed by atoms with Crippen molar-refractivity contribution >= 4 is 38.9 Å². The molecule has 0 aromatic carbocycles. The second-order valence-corrected chi connectivity index (χ2v) is 7.73. The Morgan fingerprint density at radius 3 is 2.57 bits per heavy atom. The van der Waals surface area contributed by atoms with Gasteiger partial charge in [0.15, 0.2) is 0 Å². The van der Waals surface area contributed by atoms with E-state index in [2.05, 4.69) is 0 Å². The normalized spacial score (nSPS) is 12.0. The minimum atomic E-state index is -3.89. The summed E-state index contributed by atoms with van der Waals surface area (Å²) in [5.41, 5.74) is 0. The first-order chi connectivity index (χ1) is 9.84. The number of hydrogen-bond donors (Lipinski definition) is 1. The molecule has 114 valence electrons. The maximum Gasteiger partial charge on any atom is 0.371 e. The fourth-order valence-corrected chi connectivity index (χ4v) is 4.20. The number of thiophene rings is 1. The number of carboxylic acid groups (broad SMARTS) is 1. The summed E-state index contributed by atoms with van der Waals surface area (Å²) in [5.74, 6) is -1.73. The minimum Gasteiger partial charge on any atom is -0.475 e. The highest BCUT2D eigenvalue weighted by molar-refractivity contribution is 7.89. The van der Waals surface area contributed by atoms with Gasteiger partial charge in [0.25, 0.3) is 10.0 Å². The van der Waals surface area contributed by atoms with E-state index in [4.69, 9.17) is 21.1 Å². The molecule has 21 heavy (non-hydrogen) atoms. The van der Waals surface area contributed by atoms with Crippen LogP contribution >= 0.6 is 22.9 Å². The smallest absolute Gasteiger partial charge is 0.371 e. The largest absolute Gasteiger partial charge is 0.475 e. The number of hydrogen-bond acceptors (Lipinski definition) is 5. The quantitative estimate of drug-likeness (QED) is 0.866. The highest BCUT2D eigenvalue weighted by Gasteiger charge is 2.28. The minimum absolute atomic E-state index is 0.152. The monoisotopic (exact) mass is 349 g/mol. The molecule has 0 aliphatic rings. The zero-order chi connectivity index (χ0) is 15.6. The summed E-state index contributed by atoms with van der Waals surface area (Å²) in [6.45, 7) is 2.06. The van der Waals surface area contributed by atoms with Gasteiger partial charge in [-0.1, -0.05) is 18.5 Å². The summed E-state index contributed by atoms with van der Waals surface area (Å²) in [6.07, 6.45) is 0. The molecule has 2 heterocycles. The molecule has 0 aliphatic heterocycles. The number of furan rings is 1. The van der Waals surface area contributed by atoms with Crippen molar-refractivity contribution in [1.29, 1.82) is 0 Å². The Kier molecular flexibility index (Phi) is 4.72. The SMILES string of the molecule is CCN(Cc1ccc(Cl)s1)S(=O)(=O)c1ccc(C(=O)O)o1. The molecule has 0 fully saturated rings. The van der Waals surface area contributed by atoms with Gasteiger partial charge in [0.1, 0.15) is 0 Å². The summed E-state index contributed by atoms with van der Waals surface area (Å²) in [6, 6.07) is 5.70. The zero-order valence-electron chi connectivity index (χ0n) is 10.9. The van der Waals surface area contributed by atoms with Crippen molar-refractivity contribution in [1.82, 2.24) is 4.31 Å². The molecule has 0 saturated heterocycles. The lowest BCUT2D eigenvalue weighted by molar-refractivity contribution is 0.0656. The lowest BCUT2D eigenvalue weighted by Crippen LogP contribution is -2.29. The fourth-order valence-electron chi connectivity index (χ4n) is 1.68. The highest BCUT2D eigenvalue weighted by Crippen LogP contribution is 2.26. The lowest BCUT2D eigenvalue weighted by atomic mass is 10.4. The molecule has 0 saturated carbocycles. The molecular formula is C12H12ClNO5S2. The van der Waals surface area contributed by atoms with Crippen LogP contribution in [0.5, 0.6) is 0 Å². The predicted molar refractivity (Wildman–Crippen MR) is 78.3 cm³/mol. The molecule has 0 amide bonds. The Morgan fingerprint density at radius 2 is 2.10 bits per heavy atom. The molecule has 2 aromatic rings. The molecule has 0 spiro atoms. The summed E-state index contributed by atoms with van der Waals surface area (Å²) in [5, 5.41) is 8.40. The van der Waals surface area contributed by atoms with E-state index in [0.717, 1.165) is 17.0 Å². The Labute approximate surface area is 130 Å². The van der Waals surface area contributed by atoms with E-state index in [-0.39, 0.29) is 18.2 Å². The van der Waals surface area contributed by atoms with E-state index in [1.807, 2.05) is 0 Å². The Balaban J connectivity index is 2.28. The van der Waals surface area contributed by atoms with Gasteiger partial charge >= 0.3 is 5.97 Å². The Morgan fingerprint density at radius 1 is 1.38 bits per heavy atom. The van der Waals surface area contributed by atoms with Gasteiger partial charge in [0.05, 0.1) is 4.34 Å². The van der Waals surface area contributed by atoms with Crippen molar-refractivity contribution in [3.05, 3.63) is 39.2 Å². The van der Waals surface area contributed by atoms with E-state index in [1.165, 1.54) is 15.6 Å². The lowest BCUT2D eigenvalue weighted by Gasteiger charge is -2.17. The Bertz CT molecular complexity index is 749. The zero-order valence-corrected chi connectivity index (χ0v) is 13.3. The second-order valence-electron chi connectivity index (χ2n) is 4.06. The average Bonchev–Trinajstić information content (AvgIpc) is 3.04. The third-order valence-corrected chi connectivity index (χ3v) is 5.71. The molecule has 9 heteroatoms. The van der Waals surface area contributed by atoms with Crippen LogP contribution in [0.3, 0.4) is 0 Å². The van der Waals surface area contributed by atoms with Crippen molar-refractivity contribution in [2.75, 3.05) is 6.54 Å². The molecule has 0 radical (unpaired) electrons.